The molecule has 8 heteroatoms. The molecule has 2 aromatic heterocycles. The van der Waals surface area contributed by atoms with Gasteiger partial charge in [0.15, 0.2) is 17.4 Å². The Bertz CT molecular complexity index is 1300. The number of carbonyl (C=O) groups excluding carboxylic acids is 1. The summed E-state index contributed by atoms with van der Waals surface area (Å²) in [6, 6.07) is 8.63. The molecule has 3 heterocycles. The zero-order valence-corrected chi connectivity index (χ0v) is 17.3. The monoisotopic (exact) mass is 419 g/mol. The molecule has 3 N–H and O–H groups in total. The number of amides is 1. The second kappa shape index (κ2) is 7.23. The van der Waals surface area contributed by atoms with Crippen LogP contribution in [0.15, 0.2) is 30.3 Å². The van der Waals surface area contributed by atoms with Gasteiger partial charge in [-0.25, -0.2) is 9.37 Å². The van der Waals surface area contributed by atoms with E-state index < -0.39 is 5.82 Å². The van der Waals surface area contributed by atoms with Crippen molar-refractivity contribution in [1.29, 1.82) is 0 Å². The maximum Gasteiger partial charge on any atom is 0.222 e. The summed E-state index contributed by atoms with van der Waals surface area (Å²) < 4.78 is 14.0. The van der Waals surface area contributed by atoms with Crippen molar-refractivity contribution in [3.63, 3.8) is 0 Å². The van der Waals surface area contributed by atoms with E-state index in [1.165, 1.54) is 12.1 Å². The van der Waals surface area contributed by atoms with Gasteiger partial charge in [0.2, 0.25) is 5.91 Å². The zero-order chi connectivity index (χ0) is 21.7. The summed E-state index contributed by atoms with van der Waals surface area (Å²) in [5, 5.41) is 18.1. The number of benzene rings is 2. The summed E-state index contributed by atoms with van der Waals surface area (Å²) in [6.45, 7) is 4.87. The number of nitrogens with zero attached hydrogens (tertiary/aromatic N) is 3. The first-order chi connectivity index (χ1) is 15.0. The maximum atomic E-state index is 14.0. The van der Waals surface area contributed by atoms with Crippen LogP contribution in [0.25, 0.3) is 33.5 Å². The molecule has 31 heavy (non-hydrogen) atoms. The molecule has 0 fully saturated rings. The lowest BCUT2D eigenvalue weighted by Gasteiger charge is -2.13. The number of imidazole rings is 1. The second-order valence-corrected chi connectivity index (χ2v) is 7.76. The van der Waals surface area contributed by atoms with Crippen molar-refractivity contribution in [1.82, 2.24) is 25.1 Å². The number of carbonyl (C=O) groups is 1. The highest BCUT2D eigenvalue weighted by Crippen LogP contribution is 2.34. The van der Waals surface area contributed by atoms with Gasteiger partial charge in [-0.05, 0) is 47.4 Å². The van der Waals surface area contributed by atoms with Gasteiger partial charge in [0.1, 0.15) is 5.69 Å². The molecule has 0 spiro atoms. The number of aromatic hydroxyl groups is 1. The number of phenols is 1. The topological polar surface area (TPSA) is 97.9 Å². The first-order valence-electron chi connectivity index (χ1n) is 10.3. The molecule has 5 rings (SSSR count). The van der Waals surface area contributed by atoms with Crippen LogP contribution in [0.4, 0.5) is 4.39 Å². The third-order valence-corrected chi connectivity index (χ3v) is 5.86. The summed E-state index contributed by atoms with van der Waals surface area (Å²) in [5.74, 6) is -0.200. The predicted molar refractivity (Wildman–Crippen MR) is 115 cm³/mol. The van der Waals surface area contributed by atoms with Crippen molar-refractivity contribution in [3.05, 3.63) is 53.1 Å². The molecule has 0 bridgehead atoms. The standard InChI is InChI=1S/C23H22FN5O2/c1-3-12-8-20(30)16(24)9-15(12)13-5-6-14-17(7-13)27-28-22(14)23-25-18-10-29(21(31)4-2)11-19(18)26-23/h5-9,30H,3-4,10-11H2,1-2H3,(H,25,26)(H,27,28). The second-order valence-electron chi connectivity index (χ2n) is 7.76. The van der Waals surface area contributed by atoms with Crippen molar-refractivity contribution in [2.75, 3.05) is 0 Å². The van der Waals surface area contributed by atoms with Crippen LogP contribution in [0.2, 0.25) is 0 Å². The van der Waals surface area contributed by atoms with Crippen LogP contribution in [-0.4, -0.2) is 36.1 Å². The van der Waals surface area contributed by atoms with E-state index in [4.69, 9.17) is 0 Å². The fourth-order valence-electron chi connectivity index (χ4n) is 4.18. The van der Waals surface area contributed by atoms with E-state index in [1.807, 2.05) is 32.0 Å². The van der Waals surface area contributed by atoms with Gasteiger partial charge in [-0.1, -0.05) is 19.9 Å². The van der Waals surface area contributed by atoms with Crippen LogP contribution in [0.5, 0.6) is 5.75 Å². The average molecular weight is 419 g/mol. The molecule has 0 aliphatic carbocycles. The molecule has 0 saturated heterocycles. The number of hydrogen-bond donors (Lipinski definition) is 3. The SMILES string of the molecule is CCC(=O)N1Cc2nc(-c3n[nH]c4cc(-c5cc(F)c(O)cc5CC)ccc34)[nH]c2C1. The lowest BCUT2D eigenvalue weighted by molar-refractivity contribution is -0.131. The zero-order valence-electron chi connectivity index (χ0n) is 17.3. The van der Waals surface area contributed by atoms with Crippen molar-refractivity contribution in [3.8, 4) is 28.4 Å². The number of phenolic OH excluding ortho intramolecular Hbond substituents is 1. The summed E-state index contributed by atoms with van der Waals surface area (Å²) in [4.78, 5) is 21.7. The molecule has 4 aromatic rings. The molecule has 1 aliphatic rings. The van der Waals surface area contributed by atoms with Gasteiger partial charge in [-0.3, -0.25) is 9.89 Å². The summed E-state index contributed by atoms with van der Waals surface area (Å²) in [5.41, 5.74) is 5.78. The number of rotatable bonds is 4. The molecule has 2 aromatic carbocycles. The summed E-state index contributed by atoms with van der Waals surface area (Å²) >= 11 is 0. The number of halogens is 1. The Kier molecular flexibility index (Phi) is 4.50. The smallest absolute Gasteiger partial charge is 0.222 e. The Hall–Kier alpha value is -3.68. The van der Waals surface area contributed by atoms with Crippen LogP contribution in [0.1, 0.15) is 37.2 Å². The summed E-state index contributed by atoms with van der Waals surface area (Å²) in [6.07, 6.45) is 1.15. The first kappa shape index (κ1) is 19.3. The third kappa shape index (κ3) is 3.15. The minimum absolute atomic E-state index is 0.114. The Labute approximate surface area is 177 Å². The number of hydrogen-bond acceptors (Lipinski definition) is 4. The lowest BCUT2D eigenvalue weighted by Crippen LogP contribution is -2.24. The number of aryl methyl sites for hydroxylation is 1. The number of aromatic amines is 2. The van der Waals surface area contributed by atoms with E-state index in [0.717, 1.165) is 39.0 Å². The quantitative estimate of drug-likeness (QED) is 0.460. The van der Waals surface area contributed by atoms with Crippen LogP contribution in [0, 0.1) is 5.82 Å². The molecular weight excluding hydrogens is 397 g/mol. The largest absolute Gasteiger partial charge is 0.505 e. The Balaban J connectivity index is 1.50. The number of H-pyrrole nitrogens is 2. The Morgan fingerprint density at radius 2 is 2.06 bits per heavy atom. The van der Waals surface area contributed by atoms with Crippen molar-refractivity contribution in [2.24, 2.45) is 0 Å². The molecule has 0 saturated carbocycles. The van der Waals surface area contributed by atoms with Gasteiger partial charge in [0.25, 0.3) is 0 Å². The normalized spacial score (nSPS) is 13.2. The van der Waals surface area contributed by atoms with E-state index in [2.05, 4.69) is 20.2 Å². The fraction of sp³-hybridized carbons (Fsp3) is 0.261. The van der Waals surface area contributed by atoms with Gasteiger partial charge >= 0.3 is 0 Å². The fourth-order valence-corrected chi connectivity index (χ4v) is 4.18. The van der Waals surface area contributed by atoms with E-state index in [0.29, 0.717) is 37.4 Å². The minimum atomic E-state index is -0.640. The minimum Gasteiger partial charge on any atom is -0.505 e. The molecular formula is C23H22FN5O2. The van der Waals surface area contributed by atoms with Crippen molar-refractivity contribution in [2.45, 2.75) is 39.8 Å². The summed E-state index contributed by atoms with van der Waals surface area (Å²) in [7, 11) is 0. The van der Waals surface area contributed by atoms with Gasteiger partial charge in [-0.15, -0.1) is 0 Å². The van der Waals surface area contributed by atoms with Crippen molar-refractivity contribution < 1.29 is 14.3 Å². The van der Waals surface area contributed by atoms with E-state index in [9.17, 15) is 14.3 Å². The van der Waals surface area contributed by atoms with E-state index >= 15 is 0 Å². The third-order valence-electron chi connectivity index (χ3n) is 5.86. The molecule has 158 valence electrons. The molecule has 7 nitrogen and oxygen atoms in total. The average Bonchev–Trinajstić information content (AvgIpc) is 3.46. The molecule has 1 amide bonds. The van der Waals surface area contributed by atoms with Gasteiger partial charge in [0, 0.05) is 11.8 Å². The molecule has 0 unspecified atom stereocenters. The van der Waals surface area contributed by atoms with Crippen LogP contribution in [0.3, 0.4) is 0 Å². The van der Waals surface area contributed by atoms with E-state index in [-0.39, 0.29) is 11.7 Å². The highest BCUT2D eigenvalue weighted by atomic mass is 19.1. The van der Waals surface area contributed by atoms with Gasteiger partial charge < -0.3 is 15.0 Å². The van der Waals surface area contributed by atoms with Crippen LogP contribution < -0.4 is 0 Å². The van der Waals surface area contributed by atoms with Crippen LogP contribution in [-0.2, 0) is 24.3 Å². The molecule has 0 radical (unpaired) electrons. The van der Waals surface area contributed by atoms with Crippen molar-refractivity contribution >= 4 is 16.8 Å². The first-order valence-corrected chi connectivity index (χ1v) is 10.3. The maximum absolute atomic E-state index is 14.0. The lowest BCUT2D eigenvalue weighted by atomic mass is 9.96. The van der Waals surface area contributed by atoms with Gasteiger partial charge in [0.05, 0.1) is 30.0 Å². The highest BCUT2D eigenvalue weighted by molar-refractivity contribution is 5.94. The number of aromatic nitrogens is 4. The highest BCUT2D eigenvalue weighted by Gasteiger charge is 2.27. The molecule has 0 atom stereocenters. The van der Waals surface area contributed by atoms with E-state index in [1.54, 1.807) is 4.90 Å². The number of nitrogens with one attached hydrogen (secondary N) is 2. The van der Waals surface area contributed by atoms with Gasteiger partial charge in [-0.2, -0.15) is 5.10 Å². The Morgan fingerprint density at radius 3 is 2.81 bits per heavy atom. The molecule has 1 aliphatic heterocycles. The predicted octanol–water partition coefficient (Wildman–Crippen LogP) is 4.28. The Morgan fingerprint density at radius 1 is 1.23 bits per heavy atom. The van der Waals surface area contributed by atoms with Crippen LogP contribution >= 0.6 is 0 Å². The number of fused-ring (bicyclic) bond motifs is 2.